The highest BCUT2D eigenvalue weighted by atomic mass is 35.5. The first-order valence-electron chi connectivity index (χ1n) is 10.1. The van der Waals surface area contributed by atoms with Gasteiger partial charge in [0.25, 0.3) is 5.78 Å². The van der Waals surface area contributed by atoms with Gasteiger partial charge in [-0.2, -0.15) is 0 Å². The lowest BCUT2D eigenvalue weighted by Crippen LogP contribution is -2.29. The highest BCUT2D eigenvalue weighted by Gasteiger charge is 2.48. The molecular weight excluding hydrogens is 464 g/mol. The Morgan fingerprint density at radius 3 is 2.58 bits per heavy atom. The number of hydrogen-bond donors (Lipinski definition) is 1. The van der Waals surface area contributed by atoms with E-state index in [4.69, 9.17) is 16.3 Å². The summed E-state index contributed by atoms with van der Waals surface area (Å²) < 4.78 is 5.07. The minimum atomic E-state index is -0.982. The van der Waals surface area contributed by atoms with Crippen molar-refractivity contribution in [2.24, 2.45) is 0 Å². The van der Waals surface area contributed by atoms with Gasteiger partial charge in [-0.25, -0.2) is 9.78 Å². The fraction of sp³-hybridized carbons (Fsp3) is 0.167. The van der Waals surface area contributed by atoms with Crippen LogP contribution in [0.25, 0.3) is 5.76 Å². The second kappa shape index (κ2) is 9.17. The fourth-order valence-corrected chi connectivity index (χ4v) is 4.83. The number of amides is 1. The van der Waals surface area contributed by atoms with Crippen LogP contribution in [0, 0.1) is 6.92 Å². The molecule has 1 aromatic heterocycles. The second-order valence-electron chi connectivity index (χ2n) is 7.22. The Labute approximate surface area is 198 Å². The number of ketones is 1. The Bertz CT molecular complexity index is 1290. The molecule has 1 fully saturated rings. The highest BCUT2D eigenvalue weighted by Crippen LogP contribution is 2.44. The first-order valence-corrected chi connectivity index (χ1v) is 11.3. The van der Waals surface area contributed by atoms with Gasteiger partial charge in [-0.05, 0) is 31.5 Å². The quantitative estimate of drug-likeness (QED) is 0.240. The zero-order valence-electron chi connectivity index (χ0n) is 17.7. The summed E-state index contributed by atoms with van der Waals surface area (Å²) in [4.78, 5) is 44.4. The SMILES string of the molecule is CCOC(=O)c1sc(N2C(=O)C(=O)/C(=C(/O)c3ccccc3)[C@H]2c2cccc(Cl)c2)nc1C. The number of anilines is 1. The molecule has 33 heavy (non-hydrogen) atoms. The van der Waals surface area contributed by atoms with Gasteiger partial charge in [-0.1, -0.05) is 65.4 Å². The normalized spacial score (nSPS) is 17.4. The van der Waals surface area contributed by atoms with Crippen LogP contribution in [-0.4, -0.2) is 34.4 Å². The Hall–Kier alpha value is -3.49. The molecule has 0 saturated carbocycles. The number of hydrogen-bond acceptors (Lipinski definition) is 7. The van der Waals surface area contributed by atoms with E-state index in [1.54, 1.807) is 68.4 Å². The van der Waals surface area contributed by atoms with Crippen molar-refractivity contribution in [1.82, 2.24) is 4.98 Å². The van der Waals surface area contributed by atoms with Crippen LogP contribution >= 0.6 is 22.9 Å². The van der Waals surface area contributed by atoms with E-state index in [0.29, 0.717) is 21.8 Å². The van der Waals surface area contributed by atoms with Gasteiger partial charge in [-0.3, -0.25) is 14.5 Å². The molecule has 1 amide bonds. The van der Waals surface area contributed by atoms with E-state index in [1.807, 2.05) is 0 Å². The van der Waals surface area contributed by atoms with Crippen molar-refractivity contribution in [3.05, 3.63) is 86.9 Å². The molecule has 0 unspecified atom stereocenters. The maximum absolute atomic E-state index is 13.2. The summed E-state index contributed by atoms with van der Waals surface area (Å²) in [5.41, 5.74) is 1.21. The number of aliphatic hydroxyl groups is 1. The van der Waals surface area contributed by atoms with Crippen molar-refractivity contribution in [1.29, 1.82) is 0 Å². The van der Waals surface area contributed by atoms with Crippen LogP contribution in [0.5, 0.6) is 0 Å². The summed E-state index contributed by atoms with van der Waals surface area (Å²) >= 11 is 7.15. The van der Waals surface area contributed by atoms with E-state index in [1.165, 1.54) is 4.90 Å². The molecule has 1 N–H and O–H groups in total. The Morgan fingerprint density at radius 2 is 1.91 bits per heavy atom. The average molecular weight is 483 g/mol. The van der Waals surface area contributed by atoms with Crippen molar-refractivity contribution in [2.45, 2.75) is 19.9 Å². The number of rotatable bonds is 5. The van der Waals surface area contributed by atoms with E-state index in [2.05, 4.69) is 4.98 Å². The smallest absolute Gasteiger partial charge is 0.350 e. The number of esters is 1. The lowest BCUT2D eigenvalue weighted by atomic mass is 9.95. The number of nitrogens with zero attached hydrogens (tertiary/aromatic N) is 2. The Morgan fingerprint density at radius 1 is 1.18 bits per heavy atom. The molecule has 0 bridgehead atoms. The van der Waals surface area contributed by atoms with E-state index in [-0.39, 0.29) is 27.9 Å². The summed E-state index contributed by atoms with van der Waals surface area (Å²) in [7, 11) is 0. The summed E-state index contributed by atoms with van der Waals surface area (Å²) in [6.45, 7) is 3.51. The number of ether oxygens (including phenoxy) is 1. The van der Waals surface area contributed by atoms with Gasteiger partial charge in [0.1, 0.15) is 10.6 Å². The topological polar surface area (TPSA) is 96.8 Å². The summed E-state index contributed by atoms with van der Waals surface area (Å²) in [5.74, 6) is -2.58. The molecule has 4 rings (SSSR count). The molecule has 2 aromatic carbocycles. The average Bonchev–Trinajstić information content (AvgIpc) is 3.31. The van der Waals surface area contributed by atoms with Crippen LogP contribution in [0.3, 0.4) is 0 Å². The number of aromatic nitrogens is 1. The van der Waals surface area contributed by atoms with Crippen molar-refractivity contribution >= 4 is 51.5 Å². The van der Waals surface area contributed by atoms with E-state index in [9.17, 15) is 19.5 Å². The van der Waals surface area contributed by atoms with Crippen molar-refractivity contribution < 1.29 is 24.2 Å². The zero-order valence-corrected chi connectivity index (χ0v) is 19.3. The van der Waals surface area contributed by atoms with Crippen LogP contribution in [0.2, 0.25) is 5.02 Å². The minimum Gasteiger partial charge on any atom is -0.507 e. The van der Waals surface area contributed by atoms with Crippen LogP contribution in [-0.2, 0) is 14.3 Å². The van der Waals surface area contributed by atoms with E-state index < -0.39 is 23.7 Å². The highest BCUT2D eigenvalue weighted by molar-refractivity contribution is 7.17. The molecule has 3 aromatic rings. The number of Topliss-reactive ketones (excluding diaryl/α,β-unsaturated/α-hetero) is 1. The van der Waals surface area contributed by atoms with Gasteiger partial charge in [0, 0.05) is 10.6 Å². The Balaban J connectivity index is 1.92. The molecule has 1 atom stereocenters. The molecular formula is C24H19ClN2O5S. The first kappa shape index (κ1) is 22.7. The third-order valence-corrected chi connectivity index (χ3v) is 6.48. The number of aliphatic hydroxyl groups excluding tert-OH is 1. The molecule has 1 aliphatic heterocycles. The van der Waals surface area contributed by atoms with Gasteiger partial charge >= 0.3 is 11.9 Å². The van der Waals surface area contributed by atoms with Crippen LogP contribution in [0.15, 0.2) is 60.2 Å². The lowest BCUT2D eigenvalue weighted by molar-refractivity contribution is -0.132. The predicted octanol–water partition coefficient (Wildman–Crippen LogP) is 4.91. The van der Waals surface area contributed by atoms with Crippen LogP contribution in [0.1, 0.15) is 39.5 Å². The summed E-state index contributed by atoms with van der Waals surface area (Å²) in [5, 5.41) is 11.6. The summed E-state index contributed by atoms with van der Waals surface area (Å²) in [6.07, 6.45) is 0. The predicted molar refractivity (Wildman–Crippen MR) is 125 cm³/mol. The molecule has 0 radical (unpaired) electrons. The number of aryl methyl sites for hydroxylation is 1. The standard InChI is InChI=1S/C24H19ClN2O5S/c1-3-32-23(31)21-13(2)26-24(33-21)27-18(15-10-7-11-16(25)12-15)17(20(29)22(27)30)19(28)14-8-5-4-6-9-14/h4-12,18,28H,3H2,1-2H3/b19-17+/t18-/m1/s1. The lowest BCUT2D eigenvalue weighted by Gasteiger charge is -2.23. The molecule has 0 aliphatic carbocycles. The number of carbonyl (C=O) groups excluding carboxylic acids is 3. The third kappa shape index (κ3) is 4.15. The van der Waals surface area contributed by atoms with Crippen LogP contribution < -0.4 is 4.90 Å². The molecule has 168 valence electrons. The van der Waals surface area contributed by atoms with Gasteiger partial charge < -0.3 is 9.84 Å². The number of thiazole rings is 1. The monoisotopic (exact) mass is 482 g/mol. The summed E-state index contributed by atoms with van der Waals surface area (Å²) in [6, 6.07) is 14.2. The molecule has 1 saturated heterocycles. The van der Waals surface area contributed by atoms with Gasteiger partial charge in [-0.15, -0.1) is 0 Å². The molecule has 1 aliphatic rings. The third-order valence-electron chi connectivity index (χ3n) is 5.11. The number of halogens is 1. The Kier molecular flexibility index (Phi) is 6.31. The van der Waals surface area contributed by atoms with Crippen molar-refractivity contribution in [3.8, 4) is 0 Å². The minimum absolute atomic E-state index is 0.0843. The van der Waals surface area contributed by atoms with Gasteiger partial charge in [0.05, 0.1) is 23.9 Å². The number of carbonyl (C=O) groups is 3. The van der Waals surface area contributed by atoms with Gasteiger partial charge in [0.15, 0.2) is 5.13 Å². The maximum atomic E-state index is 13.2. The van der Waals surface area contributed by atoms with Gasteiger partial charge in [0.2, 0.25) is 0 Å². The largest absolute Gasteiger partial charge is 0.507 e. The first-order chi connectivity index (χ1) is 15.8. The molecule has 7 nitrogen and oxygen atoms in total. The maximum Gasteiger partial charge on any atom is 0.350 e. The van der Waals surface area contributed by atoms with Crippen molar-refractivity contribution in [2.75, 3.05) is 11.5 Å². The fourth-order valence-electron chi connectivity index (χ4n) is 3.64. The number of benzene rings is 2. The molecule has 2 heterocycles. The van der Waals surface area contributed by atoms with Crippen molar-refractivity contribution in [3.63, 3.8) is 0 Å². The van der Waals surface area contributed by atoms with E-state index in [0.717, 1.165) is 11.3 Å². The zero-order chi connectivity index (χ0) is 23.7. The van der Waals surface area contributed by atoms with Crippen LogP contribution in [0.4, 0.5) is 5.13 Å². The molecule has 9 heteroatoms. The van der Waals surface area contributed by atoms with E-state index >= 15 is 0 Å². The second-order valence-corrected chi connectivity index (χ2v) is 8.64. The molecule has 0 spiro atoms.